The highest BCUT2D eigenvalue weighted by molar-refractivity contribution is 5.93. The van der Waals surface area contributed by atoms with E-state index in [4.69, 9.17) is 18.9 Å². The van der Waals surface area contributed by atoms with E-state index < -0.39 is 30.0 Å². The second kappa shape index (κ2) is 22.0. The Morgan fingerprint density at radius 1 is 0.453 bits per heavy atom. The third kappa shape index (κ3) is 14.0. The summed E-state index contributed by atoms with van der Waals surface area (Å²) >= 11 is 0. The summed E-state index contributed by atoms with van der Waals surface area (Å²) in [6.07, 6.45) is 13.4. The number of ether oxygens (including phenoxy) is 4. The molecule has 0 aromatic heterocycles. The van der Waals surface area contributed by atoms with Gasteiger partial charge >= 0.3 is 23.9 Å². The molecule has 4 aromatic carbocycles. The molecule has 8 nitrogen and oxygen atoms in total. The van der Waals surface area contributed by atoms with Gasteiger partial charge in [-0.25, -0.2) is 19.2 Å². The standard InChI is InChI=1S/C45H52O8/c1-4-6-8-10-12-14-34-16-20-37(21-17-34)44(48)52-40-28-24-36(25-29-40)42(46)50-32-33(3)51-43(47)39-26-30-41(31-27-39)53-45(49)38-22-18-35(19-23-38)15-13-11-9-7-5-2/h16-31,33H,4-15,32H2,1-3H3. The molecule has 53 heavy (non-hydrogen) atoms. The first-order valence-corrected chi connectivity index (χ1v) is 19.0. The Hall–Kier alpha value is -5.24. The molecular formula is C45H52O8. The Kier molecular flexibility index (Phi) is 16.8. The molecular weight excluding hydrogens is 668 g/mol. The van der Waals surface area contributed by atoms with Gasteiger partial charge in [0.1, 0.15) is 24.2 Å². The lowest BCUT2D eigenvalue weighted by Crippen LogP contribution is -2.22. The SMILES string of the molecule is CCCCCCCc1ccc(C(=O)Oc2ccc(C(=O)OCC(C)OC(=O)c3ccc(OC(=O)c4ccc(CCCCCCC)cc4)cc3)cc2)cc1. The molecule has 0 bridgehead atoms. The zero-order chi connectivity index (χ0) is 37.8. The zero-order valence-corrected chi connectivity index (χ0v) is 31.3. The Morgan fingerprint density at radius 3 is 1.23 bits per heavy atom. The van der Waals surface area contributed by atoms with Gasteiger partial charge in [0.2, 0.25) is 0 Å². The molecule has 0 saturated heterocycles. The molecule has 8 heteroatoms. The lowest BCUT2D eigenvalue weighted by Gasteiger charge is -2.14. The Balaban J connectivity index is 1.16. The van der Waals surface area contributed by atoms with Crippen molar-refractivity contribution >= 4 is 23.9 Å². The van der Waals surface area contributed by atoms with Crippen molar-refractivity contribution in [3.63, 3.8) is 0 Å². The average Bonchev–Trinajstić information content (AvgIpc) is 3.17. The number of esters is 4. The van der Waals surface area contributed by atoms with Crippen LogP contribution in [0.2, 0.25) is 0 Å². The summed E-state index contributed by atoms with van der Waals surface area (Å²) in [7, 11) is 0. The van der Waals surface area contributed by atoms with Crippen LogP contribution in [0, 0.1) is 0 Å². The Bertz CT molecular complexity index is 1730. The van der Waals surface area contributed by atoms with Crippen LogP contribution in [-0.4, -0.2) is 36.6 Å². The minimum atomic E-state index is -0.726. The van der Waals surface area contributed by atoms with Crippen molar-refractivity contribution in [2.75, 3.05) is 6.61 Å². The van der Waals surface area contributed by atoms with Crippen molar-refractivity contribution in [2.24, 2.45) is 0 Å². The number of carbonyl (C=O) groups is 4. The summed E-state index contributed by atoms with van der Waals surface area (Å²) < 4.78 is 21.7. The van der Waals surface area contributed by atoms with Crippen LogP contribution < -0.4 is 9.47 Å². The molecule has 1 atom stereocenters. The van der Waals surface area contributed by atoms with E-state index in [2.05, 4.69) is 13.8 Å². The molecule has 0 amide bonds. The second-order valence-electron chi connectivity index (χ2n) is 13.4. The highest BCUT2D eigenvalue weighted by Crippen LogP contribution is 2.19. The first-order chi connectivity index (χ1) is 25.7. The lowest BCUT2D eigenvalue weighted by atomic mass is 10.0. The second-order valence-corrected chi connectivity index (χ2v) is 13.4. The molecule has 4 rings (SSSR count). The average molecular weight is 721 g/mol. The first-order valence-electron chi connectivity index (χ1n) is 19.0. The summed E-state index contributed by atoms with van der Waals surface area (Å²) in [5.74, 6) is -1.59. The third-order valence-electron chi connectivity index (χ3n) is 8.88. The number of aryl methyl sites for hydroxylation is 2. The van der Waals surface area contributed by atoms with Crippen molar-refractivity contribution in [1.82, 2.24) is 0 Å². The van der Waals surface area contributed by atoms with Gasteiger partial charge in [0, 0.05) is 0 Å². The molecule has 4 aromatic rings. The maximum Gasteiger partial charge on any atom is 0.343 e. The van der Waals surface area contributed by atoms with Gasteiger partial charge < -0.3 is 18.9 Å². The fourth-order valence-corrected chi connectivity index (χ4v) is 5.69. The van der Waals surface area contributed by atoms with Crippen LogP contribution in [-0.2, 0) is 22.3 Å². The lowest BCUT2D eigenvalue weighted by molar-refractivity contribution is 0.00447. The van der Waals surface area contributed by atoms with Crippen LogP contribution in [0.1, 0.15) is 138 Å². The van der Waals surface area contributed by atoms with E-state index >= 15 is 0 Å². The number of carbonyl (C=O) groups excluding carboxylic acids is 4. The maximum absolute atomic E-state index is 12.7. The van der Waals surface area contributed by atoms with E-state index in [1.165, 1.54) is 111 Å². The Labute approximate surface area is 313 Å². The van der Waals surface area contributed by atoms with Crippen molar-refractivity contribution in [3.05, 3.63) is 130 Å². The van der Waals surface area contributed by atoms with Gasteiger partial charge in [-0.2, -0.15) is 0 Å². The zero-order valence-electron chi connectivity index (χ0n) is 31.3. The van der Waals surface area contributed by atoms with Crippen LogP contribution in [0.15, 0.2) is 97.1 Å². The normalized spacial score (nSPS) is 11.4. The topological polar surface area (TPSA) is 105 Å². The minimum absolute atomic E-state index is 0.163. The van der Waals surface area contributed by atoms with Crippen LogP contribution in [0.4, 0.5) is 0 Å². The fraction of sp³-hybridized carbons (Fsp3) is 0.378. The van der Waals surface area contributed by atoms with E-state index in [0.717, 1.165) is 25.7 Å². The van der Waals surface area contributed by atoms with Gasteiger partial charge in [-0.15, -0.1) is 0 Å². The van der Waals surface area contributed by atoms with Crippen molar-refractivity contribution in [1.29, 1.82) is 0 Å². The van der Waals surface area contributed by atoms with E-state index in [0.29, 0.717) is 22.6 Å². The third-order valence-corrected chi connectivity index (χ3v) is 8.88. The van der Waals surface area contributed by atoms with Gasteiger partial charge in [0.25, 0.3) is 0 Å². The van der Waals surface area contributed by atoms with E-state index in [9.17, 15) is 19.2 Å². The van der Waals surface area contributed by atoms with Crippen LogP contribution in [0.5, 0.6) is 11.5 Å². The quantitative estimate of drug-likeness (QED) is 0.0476. The predicted molar refractivity (Wildman–Crippen MR) is 206 cm³/mol. The molecule has 0 spiro atoms. The number of unbranched alkanes of at least 4 members (excludes halogenated alkanes) is 8. The van der Waals surface area contributed by atoms with Crippen molar-refractivity contribution in [2.45, 2.75) is 104 Å². The van der Waals surface area contributed by atoms with E-state index in [-0.39, 0.29) is 17.7 Å². The summed E-state index contributed by atoms with van der Waals surface area (Å²) in [6, 6.07) is 27.0. The Morgan fingerprint density at radius 2 is 0.811 bits per heavy atom. The fourth-order valence-electron chi connectivity index (χ4n) is 5.69. The molecule has 1 unspecified atom stereocenters. The van der Waals surface area contributed by atoms with Crippen LogP contribution in [0.3, 0.4) is 0 Å². The van der Waals surface area contributed by atoms with Gasteiger partial charge in [-0.1, -0.05) is 89.5 Å². The van der Waals surface area contributed by atoms with Crippen LogP contribution >= 0.6 is 0 Å². The largest absolute Gasteiger partial charge is 0.458 e. The number of benzene rings is 4. The molecule has 0 N–H and O–H groups in total. The van der Waals surface area contributed by atoms with E-state index in [1.807, 2.05) is 24.3 Å². The molecule has 0 saturated carbocycles. The summed E-state index contributed by atoms with van der Waals surface area (Å²) in [6.45, 7) is 5.85. The van der Waals surface area contributed by atoms with Gasteiger partial charge in [0.05, 0.1) is 22.3 Å². The summed E-state index contributed by atoms with van der Waals surface area (Å²) in [4.78, 5) is 50.6. The molecule has 0 radical (unpaired) electrons. The van der Waals surface area contributed by atoms with Gasteiger partial charge in [-0.3, -0.25) is 0 Å². The van der Waals surface area contributed by atoms with Gasteiger partial charge in [0.15, 0.2) is 0 Å². The summed E-state index contributed by atoms with van der Waals surface area (Å²) in [5.41, 5.74) is 3.80. The number of hydrogen-bond acceptors (Lipinski definition) is 8. The van der Waals surface area contributed by atoms with Crippen LogP contribution in [0.25, 0.3) is 0 Å². The van der Waals surface area contributed by atoms with E-state index in [1.54, 1.807) is 31.2 Å². The smallest absolute Gasteiger partial charge is 0.343 e. The molecule has 0 heterocycles. The maximum atomic E-state index is 12.7. The first kappa shape index (κ1) is 40.5. The predicted octanol–water partition coefficient (Wildman–Crippen LogP) is 10.6. The molecule has 0 aliphatic rings. The van der Waals surface area contributed by atoms with Crippen molar-refractivity contribution in [3.8, 4) is 11.5 Å². The monoisotopic (exact) mass is 720 g/mol. The number of rotatable bonds is 21. The minimum Gasteiger partial charge on any atom is -0.458 e. The molecule has 0 fully saturated rings. The highest BCUT2D eigenvalue weighted by atomic mass is 16.6. The van der Waals surface area contributed by atoms with Crippen molar-refractivity contribution < 1.29 is 38.1 Å². The number of hydrogen-bond donors (Lipinski definition) is 0. The van der Waals surface area contributed by atoms with Gasteiger partial charge in [-0.05, 0) is 117 Å². The highest BCUT2D eigenvalue weighted by Gasteiger charge is 2.17. The molecule has 280 valence electrons. The molecule has 0 aliphatic carbocycles. The summed E-state index contributed by atoms with van der Waals surface area (Å²) in [5, 5.41) is 0. The molecule has 0 aliphatic heterocycles.